The summed E-state index contributed by atoms with van der Waals surface area (Å²) in [5.41, 5.74) is 0. The Labute approximate surface area is 144 Å². The van der Waals surface area contributed by atoms with Crippen LogP contribution >= 0.6 is 0 Å². The minimum Gasteiger partial charge on any atom is -0.493 e. The van der Waals surface area contributed by atoms with Gasteiger partial charge in [0.05, 0.1) is 7.11 Å². The fourth-order valence-electron chi connectivity index (χ4n) is 2.69. The zero-order chi connectivity index (χ0) is 17.4. The van der Waals surface area contributed by atoms with Gasteiger partial charge in [-0.1, -0.05) is 12.1 Å². The quantitative estimate of drug-likeness (QED) is 0.724. The lowest BCUT2D eigenvalue weighted by Gasteiger charge is -2.32. The first-order chi connectivity index (χ1) is 11.6. The van der Waals surface area contributed by atoms with Crippen molar-refractivity contribution >= 4 is 5.91 Å². The number of nitrogens with one attached hydrogen (secondary N) is 1. The third-order valence-corrected chi connectivity index (χ3v) is 4.29. The maximum absolute atomic E-state index is 12.1. The third kappa shape index (κ3) is 5.69. The molecule has 2 rings (SSSR count). The van der Waals surface area contributed by atoms with E-state index in [0.717, 1.165) is 39.1 Å². The minimum atomic E-state index is -0.551. The molecular formula is C18H29N3O3. The van der Waals surface area contributed by atoms with Crippen LogP contribution in [0.1, 0.15) is 13.3 Å². The summed E-state index contributed by atoms with van der Waals surface area (Å²) >= 11 is 0. The monoisotopic (exact) mass is 335 g/mol. The van der Waals surface area contributed by atoms with E-state index in [1.165, 1.54) is 0 Å². The van der Waals surface area contributed by atoms with Gasteiger partial charge < -0.3 is 24.6 Å². The Balaban J connectivity index is 1.66. The van der Waals surface area contributed by atoms with E-state index in [2.05, 4.69) is 22.2 Å². The lowest BCUT2D eigenvalue weighted by atomic mass is 10.3. The van der Waals surface area contributed by atoms with Crippen LogP contribution in [-0.4, -0.2) is 75.2 Å². The Kier molecular flexibility index (Phi) is 7.34. The number of rotatable bonds is 8. The highest BCUT2D eigenvalue weighted by Gasteiger charge is 2.17. The predicted molar refractivity (Wildman–Crippen MR) is 94.6 cm³/mol. The first-order valence-corrected chi connectivity index (χ1v) is 8.58. The molecule has 1 aromatic carbocycles. The summed E-state index contributed by atoms with van der Waals surface area (Å²) in [6.45, 7) is 7.91. The second-order valence-electron chi connectivity index (χ2n) is 6.20. The third-order valence-electron chi connectivity index (χ3n) is 4.29. The van der Waals surface area contributed by atoms with Crippen molar-refractivity contribution in [1.29, 1.82) is 0 Å². The van der Waals surface area contributed by atoms with Crippen LogP contribution in [0.15, 0.2) is 24.3 Å². The van der Waals surface area contributed by atoms with Crippen LogP contribution < -0.4 is 14.8 Å². The van der Waals surface area contributed by atoms with Crippen LogP contribution in [0.2, 0.25) is 0 Å². The van der Waals surface area contributed by atoms with Gasteiger partial charge in [-0.15, -0.1) is 0 Å². The molecule has 1 saturated heterocycles. The molecule has 0 aromatic heterocycles. The van der Waals surface area contributed by atoms with Gasteiger partial charge in [0.25, 0.3) is 5.91 Å². The van der Waals surface area contributed by atoms with Gasteiger partial charge in [-0.3, -0.25) is 4.79 Å². The molecule has 6 nitrogen and oxygen atoms in total. The Bertz CT molecular complexity index is 516. The van der Waals surface area contributed by atoms with Gasteiger partial charge in [-0.05, 0) is 39.1 Å². The van der Waals surface area contributed by atoms with E-state index in [1.54, 1.807) is 20.1 Å². The number of carbonyl (C=O) groups is 1. The zero-order valence-electron chi connectivity index (χ0n) is 15.0. The second kappa shape index (κ2) is 9.49. The summed E-state index contributed by atoms with van der Waals surface area (Å²) in [5, 5.41) is 2.95. The Morgan fingerprint density at radius 3 is 2.54 bits per heavy atom. The number of hydrogen-bond donors (Lipinski definition) is 1. The van der Waals surface area contributed by atoms with Gasteiger partial charge in [0.1, 0.15) is 0 Å². The molecule has 1 aromatic rings. The van der Waals surface area contributed by atoms with Crippen LogP contribution in [0.3, 0.4) is 0 Å². The Morgan fingerprint density at radius 1 is 1.21 bits per heavy atom. The molecular weight excluding hydrogens is 306 g/mol. The van der Waals surface area contributed by atoms with Crippen LogP contribution in [0.4, 0.5) is 0 Å². The van der Waals surface area contributed by atoms with Crippen molar-refractivity contribution in [2.75, 3.05) is 53.4 Å². The van der Waals surface area contributed by atoms with Gasteiger partial charge in [-0.25, -0.2) is 0 Å². The van der Waals surface area contributed by atoms with Crippen molar-refractivity contribution < 1.29 is 14.3 Å². The van der Waals surface area contributed by atoms with E-state index in [1.807, 2.05) is 18.2 Å². The number of likely N-dealkylation sites (N-methyl/N-ethyl adjacent to an activating group) is 1. The normalized spacial score (nSPS) is 17.3. The van der Waals surface area contributed by atoms with Crippen LogP contribution in [-0.2, 0) is 4.79 Å². The molecule has 0 spiro atoms. The summed E-state index contributed by atoms with van der Waals surface area (Å²) in [6.07, 6.45) is 0.404. The number of methoxy groups -OCH3 is 1. The van der Waals surface area contributed by atoms with Crippen molar-refractivity contribution in [2.45, 2.75) is 19.4 Å². The molecule has 0 unspecified atom stereocenters. The lowest BCUT2D eigenvalue weighted by Crippen LogP contribution is -2.45. The second-order valence-corrected chi connectivity index (χ2v) is 6.20. The van der Waals surface area contributed by atoms with Gasteiger partial charge in [-0.2, -0.15) is 0 Å². The first kappa shape index (κ1) is 18.5. The molecule has 0 bridgehead atoms. The number of hydrogen-bond acceptors (Lipinski definition) is 5. The predicted octanol–water partition coefficient (Wildman–Crippen LogP) is 1.22. The summed E-state index contributed by atoms with van der Waals surface area (Å²) < 4.78 is 10.9. The molecule has 1 aliphatic heterocycles. The average molecular weight is 335 g/mol. The molecule has 24 heavy (non-hydrogen) atoms. The maximum Gasteiger partial charge on any atom is 0.260 e. The zero-order valence-corrected chi connectivity index (χ0v) is 15.0. The minimum absolute atomic E-state index is 0.0979. The number of carbonyl (C=O) groups excluding carboxylic acids is 1. The topological polar surface area (TPSA) is 54.0 Å². The summed E-state index contributed by atoms with van der Waals surface area (Å²) in [4.78, 5) is 16.9. The van der Waals surface area contributed by atoms with E-state index in [4.69, 9.17) is 9.47 Å². The first-order valence-electron chi connectivity index (χ1n) is 8.58. The van der Waals surface area contributed by atoms with Crippen molar-refractivity contribution in [2.24, 2.45) is 0 Å². The van der Waals surface area contributed by atoms with Gasteiger partial charge in [0.2, 0.25) is 0 Å². The molecule has 1 aliphatic rings. The number of benzene rings is 1. The van der Waals surface area contributed by atoms with E-state index in [9.17, 15) is 4.79 Å². The SMILES string of the molecule is COc1ccccc1O[C@@H](C)C(=O)NCCCN1CCN(C)CC1. The number of ether oxygens (including phenoxy) is 2. The average Bonchev–Trinajstić information content (AvgIpc) is 2.60. The van der Waals surface area contributed by atoms with Crippen LogP contribution in [0, 0.1) is 0 Å². The summed E-state index contributed by atoms with van der Waals surface area (Å²) in [7, 11) is 3.74. The van der Waals surface area contributed by atoms with Gasteiger partial charge in [0.15, 0.2) is 17.6 Å². The molecule has 134 valence electrons. The van der Waals surface area contributed by atoms with E-state index in [0.29, 0.717) is 18.0 Å². The fraction of sp³-hybridized carbons (Fsp3) is 0.611. The number of para-hydroxylation sites is 2. The molecule has 0 saturated carbocycles. The molecule has 1 atom stereocenters. The van der Waals surface area contributed by atoms with Crippen molar-refractivity contribution in [3.8, 4) is 11.5 Å². The molecule has 0 radical (unpaired) electrons. The molecule has 1 N–H and O–H groups in total. The summed E-state index contributed by atoms with van der Waals surface area (Å²) in [6, 6.07) is 7.35. The van der Waals surface area contributed by atoms with E-state index in [-0.39, 0.29) is 5.91 Å². The van der Waals surface area contributed by atoms with Crippen LogP contribution in [0.5, 0.6) is 11.5 Å². The molecule has 0 aliphatic carbocycles. The molecule has 1 amide bonds. The highest BCUT2D eigenvalue weighted by atomic mass is 16.5. The molecule has 1 heterocycles. The maximum atomic E-state index is 12.1. The van der Waals surface area contributed by atoms with E-state index >= 15 is 0 Å². The molecule has 1 fully saturated rings. The van der Waals surface area contributed by atoms with Crippen molar-refractivity contribution in [3.63, 3.8) is 0 Å². The summed E-state index contributed by atoms with van der Waals surface area (Å²) in [5.74, 6) is 1.12. The lowest BCUT2D eigenvalue weighted by molar-refractivity contribution is -0.127. The smallest absolute Gasteiger partial charge is 0.260 e. The van der Waals surface area contributed by atoms with Gasteiger partial charge >= 0.3 is 0 Å². The molecule has 6 heteroatoms. The number of nitrogens with zero attached hydrogens (tertiary/aromatic N) is 2. The Hall–Kier alpha value is -1.79. The Morgan fingerprint density at radius 2 is 1.88 bits per heavy atom. The highest BCUT2D eigenvalue weighted by Crippen LogP contribution is 2.26. The number of amides is 1. The fourth-order valence-corrected chi connectivity index (χ4v) is 2.69. The standard InChI is InChI=1S/C18H29N3O3/c1-15(24-17-8-5-4-7-16(17)23-3)18(22)19-9-6-10-21-13-11-20(2)12-14-21/h4-5,7-8,15H,6,9-14H2,1-3H3,(H,19,22)/t15-/m0/s1. The largest absolute Gasteiger partial charge is 0.493 e. The van der Waals surface area contributed by atoms with Gasteiger partial charge in [0, 0.05) is 32.7 Å². The van der Waals surface area contributed by atoms with Crippen molar-refractivity contribution in [3.05, 3.63) is 24.3 Å². The highest BCUT2D eigenvalue weighted by molar-refractivity contribution is 5.80. The van der Waals surface area contributed by atoms with Crippen molar-refractivity contribution in [1.82, 2.24) is 15.1 Å². The van der Waals surface area contributed by atoms with E-state index < -0.39 is 6.10 Å². The van der Waals surface area contributed by atoms with Crippen LogP contribution in [0.25, 0.3) is 0 Å². The number of piperazine rings is 1.